The maximum Gasteiger partial charge on any atom is 0.241 e. The van der Waals surface area contributed by atoms with Gasteiger partial charge >= 0.3 is 0 Å². The molecule has 0 aliphatic carbocycles. The van der Waals surface area contributed by atoms with Gasteiger partial charge in [-0.1, -0.05) is 6.07 Å². The highest BCUT2D eigenvalue weighted by atomic mass is 32.2. The lowest BCUT2D eigenvalue weighted by Gasteiger charge is -2.21. The molecule has 0 radical (unpaired) electrons. The fourth-order valence-electron chi connectivity index (χ4n) is 2.32. The van der Waals surface area contributed by atoms with Gasteiger partial charge in [0.25, 0.3) is 0 Å². The van der Waals surface area contributed by atoms with Gasteiger partial charge in [-0.05, 0) is 24.6 Å². The minimum absolute atomic E-state index is 0.0706. The summed E-state index contributed by atoms with van der Waals surface area (Å²) in [5.41, 5.74) is 0.341. The third-order valence-corrected chi connectivity index (χ3v) is 7.39. The highest BCUT2D eigenvalue weighted by molar-refractivity contribution is 7.89. The molecule has 0 amide bonds. The van der Waals surface area contributed by atoms with Crippen molar-refractivity contribution in [3.8, 4) is 0 Å². The second-order valence-electron chi connectivity index (χ2n) is 6.00. The van der Waals surface area contributed by atoms with E-state index in [-0.39, 0.29) is 23.9 Å². The minimum atomic E-state index is -3.97. The molecule has 0 spiro atoms. The van der Waals surface area contributed by atoms with Crippen molar-refractivity contribution in [2.75, 3.05) is 33.1 Å². The van der Waals surface area contributed by atoms with Crippen molar-refractivity contribution in [2.45, 2.75) is 17.9 Å². The van der Waals surface area contributed by atoms with Crippen molar-refractivity contribution in [1.82, 2.24) is 9.03 Å². The predicted molar refractivity (Wildman–Crippen MR) is 87.0 cm³/mol. The van der Waals surface area contributed by atoms with E-state index in [2.05, 4.69) is 4.72 Å². The van der Waals surface area contributed by atoms with Crippen LogP contribution in [0.3, 0.4) is 0 Å². The summed E-state index contributed by atoms with van der Waals surface area (Å²) >= 11 is 0. The first-order valence-corrected chi connectivity index (χ1v) is 10.4. The van der Waals surface area contributed by atoms with E-state index in [1.54, 1.807) is 0 Å². The Bertz CT molecular complexity index is 808. The lowest BCUT2D eigenvalue weighted by Crippen LogP contribution is -2.43. The summed E-state index contributed by atoms with van der Waals surface area (Å²) in [6.45, 7) is 1.75. The maximum atomic E-state index is 13.6. The van der Waals surface area contributed by atoms with Gasteiger partial charge in [-0.3, -0.25) is 0 Å². The van der Waals surface area contributed by atoms with Crippen LogP contribution in [0, 0.1) is 18.7 Å². The van der Waals surface area contributed by atoms with Crippen LogP contribution in [-0.2, 0) is 24.8 Å². The molecule has 1 aliphatic rings. The zero-order valence-electron chi connectivity index (χ0n) is 13.7. The van der Waals surface area contributed by atoms with E-state index in [0.29, 0.717) is 5.56 Å². The first-order chi connectivity index (χ1) is 11.0. The van der Waals surface area contributed by atoms with Crippen molar-refractivity contribution in [3.05, 3.63) is 29.6 Å². The standard InChI is InChI=1S/C14H21FN2O5S2/c1-10-4-5-12(6-13(10)15)24(20,21)16-14-8-22-7-11(14)9-23(18,19)17(2)3/h4-6,11,14,16H,7-9H2,1-3H3/t11-,14+/m0/s1. The molecule has 1 heterocycles. The van der Waals surface area contributed by atoms with Crippen LogP contribution < -0.4 is 4.72 Å². The molecule has 1 fully saturated rings. The van der Waals surface area contributed by atoms with Crippen molar-refractivity contribution < 1.29 is 26.0 Å². The molecule has 0 unspecified atom stereocenters. The lowest BCUT2D eigenvalue weighted by molar-refractivity contribution is 0.185. The Labute approximate surface area is 141 Å². The molecule has 2 rings (SSSR count). The first-order valence-electron chi connectivity index (χ1n) is 7.29. The molecule has 0 saturated carbocycles. The van der Waals surface area contributed by atoms with Crippen LogP contribution >= 0.6 is 0 Å². The number of ether oxygens (including phenoxy) is 1. The third-order valence-electron chi connectivity index (χ3n) is 3.94. The van der Waals surface area contributed by atoms with Gasteiger partial charge in [-0.25, -0.2) is 30.3 Å². The van der Waals surface area contributed by atoms with Gasteiger partial charge in [0, 0.05) is 20.0 Å². The number of hydrogen-bond acceptors (Lipinski definition) is 5. The number of benzene rings is 1. The Hall–Kier alpha value is -1.07. The topological polar surface area (TPSA) is 92.8 Å². The number of rotatable bonds is 6. The fourth-order valence-corrected chi connectivity index (χ4v) is 4.79. The van der Waals surface area contributed by atoms with E-state index >= 15 is 0 Å². The van der Waals surface area contributed by atoms with Crippen LogP contribution in [0.15, 0.2) is 23.1 Å². The van der Waals surface area contributed by atoms with Gasteiger partial charge in [-0.15, -0.1) is 0 Å². The van der Waals surface area contributed by atoms with Crippen LogP contribution in [0.1, 0.15) is 5.56 Å². The molecule has 1 aliphatic heterocycles. The van der Waals surface area contributed by atoms with Crippen LogP contribution in [0.5, 0.6) is 0 Å². The van der Waals surface area contributed by atoms with E-state index in [4.69, 9.17) is 4.74 Å². The van der Waals surface area contributed by atoms with E-state index in [0.717, 1.165) is 10.4 Å². The predicted octanol–water partition coefficient (Wildman–Crippen LogP) is 0.319. The summed E-state index contributed by atoms with van der Waals surface area (Å²) in [4.78, 5) is -0.202. The molecule has 136 valence electrons. The summed E-state index contributed by atoms with van der Waals surface area (Å²) in [6.07, 6.45) is 0. The molecule has 2 atom stereocenters. The van der Waals surface area contributed by atoms with Crippen LogP contribution in [0.2, 0.25) is 0 Å². The summed E-state index contributed by atoms with van der Waals surface area (Å²) in [6, 6.07) is 2.94. The number of halogens is 1. The Balaban J connectivity index is 2.17. The zero-order chi connectivity index (χ0) is 18.1. The minimum Gasteiger partial charge on any atom is -0.379 e. The number of hydrogen-bond donors (Lipinski definition) is 1. The van der Waals surface area contributed by atoms with E-state index in [1.165, 1.54) is 33.2 Å². The quantitative estimate of drug-likeness (QED) is 0.767. The van der Waals surface area contributed by atoms with Crippen LogP contribution in [0.25, 0.3) is 0 Å². The molecule has 0 bridgehead atoms. The molecule has 10 heteroatoms. The number of aryl methyl sites for hydroxylation is 1. The Kier molecular flexibility index (Phi) is 5.65. The average molecular weight is 380 g/mol. The molecule has 7 nitrogen and oxygen atoms in total. The normalized spacial score (nSPS) is 22.2. The fraction of sp³-hybridized carbons (Fsp3) is 0.571. The van der Waals surface area contributed by atoms with E-state index in [9.17, 15) is 21.2 Å². The maximum absolute atomic E-state index is 13.6. The van der Waals surface area contributed by atoms with Gasteiger partial charge in [0.05, 0.1) is 29.9 Å². The highest BCUT2D eigenvalue weighted by Crippen LogP contribution is 2.21. The lowest BCUT2D eigenvalue weighted by atomic mass is 10.1. The molecular weight excluding hydrogens is 359 g/mol. The van der Waals surface area contributed by atoms with Crippen molar-refractivity contribution in [1.29, 1.82) is 0 Å². The molecule has 1 saturated heterocycles. The summed E-state index contributed by atoms with van der Waals surface area (Å²) in [5.74, 6) is -1.36. The highest BCUT2D eigenvalue weighted by Gasteiger charge is 2.36. The van der Waals surface area contributed by atoms with Gasteiger partial charge in [0.2, 0.25) is 20.0 Å². The summed E-state index contributed by atoms with van der Waals surface area (Å²) in [7, 11) is -4.63. The number of nitrogens with zero attached hydrogens (tertiary/aromatic N) is 1. The van der Waals surface area contributed by atoms with Gasteiger partial charge in [0.15, 0.2) is 0 Å². The van der Waals surface area contributed by atoms with Crippen molar-refractivity contribution in [3.63, 3.8) is 0 Å². The Morgan fingerprint density at radius 2 is 1.92 bits per heavy atom. The van der Waals surface area contributed by atoms with E-state index in [1.807, 2.05) is 0 Å². The summed E-state index contributed by atoms with van der Waals surface area (Å²) < 4.78 is 71.2. The second-order valence-corrected chi connectivity index (χ2v) is 9.94. The average Bonchev–Trinajstić information content (AvgIpc) is 2.87. The largest absolute Gasteiger partial charge is 0.379 e. The van der Waals surface area contributed by atoms with Gasteiger partial charge in [-0.2, -0.15) is 0 Å². The molecule has 0 aromatic heterocycles. The van der Waals surface area contributed by atoms with Crippen molar-refractivity contribution in [2.24, 2.45) is 5.92 Å². The summed E-state index contributed by atoms with van der Waals surface area (Å²) in [5, 5.41) is 0. The second kappa shape index (κ2) is 7.04. The van der Waals surface area contributed by atoms with Crippen LogP contribution in [-0.4, -0.2) is 60.2 Å². The molecule has 1 N–H and O–H groups in total. The van der Waals surface area contributed by atoms with Gasteiger partial charge < -0.3 is 4.74 Å². The van der Waals surface area contributed by atoms with E-state index < -0.39 is 37.8 Å². The Morgan fingerprint density at radius 1 is 1.25 bits per heavy atom. The monoisotopic (exact) mass is 380 g/mol. The van der Waals surface area contributed by atoms with Gasteiger partial charge in [0.1, 0.15) is 5.82 Å². The SMILES string of the molecule is Cc1ccc(S(=O)(=O)N[C@@H]2COC[C@H]2CS(=O)(=O)N(C)C)cc1F. The molecule has 24 heavy (non-hydrogen) atoms. The molecule has 1 aromatic rings. The number of nitrogens with one attached hydrogen (secondary N) is 1. The number of sulfonamides is 2. The zero-order valence-corrected chi connectivity index (χ0v) is 15.3. The first kappa shape index (κ1) is 19.3. The Morgan fingerprint density at radius 3 is 2.50 bits per heavy atom. The third kappa shape index (κ3) is 4.31. The van der Waals surface area contributed by atoms with Crippen LogP contribution in [0.4, 0.5) is 4.39 Å². The smallest absolute Gasteiger partial charge is 0.241 e. The van der Waals surface area contributed by atoms with Crippen molar-refractivity contribution >= 4 is 20.0 Å². The molecule has 1 aromatic carbocycles. The molecular formula is C14H21FN2O5S2.